The van der Waals surface area contributed by atoms with Crippen LogP contribution in [0.25, 0.3) is 11.1 Å². The minimum Gasteiger partial charge on any atom is -0.479 e. The van der Waals surface area contributed by atoms with Crippen LogP contribution < -0.4 is 10.6 Å². The summed E-state index contributed by atoms with van der Waals surface area (Å²) in [6, 6.07) is 15.9. The van der Waals surface area contributed by atoms with Crippen LogP contribution in [-0.4, -0.2) is 66.7 Å². The zero-order valence-corrected chi connectivity index (χ0v) is 18.5. The number of amides is 2. The molecule has 0 saturated heterocycles. The molecule has 0 spiro atoms. The van der Waals surface area contributed by atoms with Crippen molar-refractivity contribution in [3.63, 3.8) is 0 Å². The summed E-state index contributed by atoms with van der Waals surface area (Å²) in [5.74, 6) is -2.03. The van der Waals surface area contributed by atoms with E-state index in [0.29, 0.717) is 0 Å². The molecule has 0 aromatic heterocycles. The molecule has 176 valence electrons. The van der Waals surface area contributed by atoms with Gasteiger partial charge < -0.3 is 30.3 Å². The SMILES string of the molecule is COCC(C)(NC(=O)CC(O)CNC(=O)OCC1c2ccccc2-c2ccccc21)C(=O)O. The van der Waals surface area contributed by atoms with Crippen molar-refractivity contribution in [2.24, 2.45) is 0 Å². The van der Waals surface area contributed by atoms with E-state index >= 15 is 0 Å². The first-order valence-corrected chi connectivity index (χ1v) is 10.6. The van der Waals surface area contributed by atoms with Crippen molar-refractivity contribution in [3.8, 4) is 11.1 Å². The zero-order chi connectivity index (χ0) is 24.0. The van der Waals surface area contributed by atoms with Crippen LogP contribution in [0.1, 0.15) is 30.4 Å². The average Bonchev–Trinajstić information content (AvgIpc) is 3.10. The fourth-order valence-corrected chi connectivity index (χ4v) is 3.94. The van der Waals surface area contributed by atoms with Crippen LogP contribution in [0.4, 0.5) is 4.79 Å². The second kappa shape index (κ2) is 10.5. The lowest BCUT2D eigenvalue weighted by Crippen LogP contribution is -2.56. The Balaban J connectivity index is 1.48. The molecular weight excluding hydrogens is 428 g/mol. The smallest absolute Gasteiger partial charge is 0.407 e. The molecule has 9 heteroatoms. The molecule has 33 heavy (non-hydrogen) atoms. The predicted molar refractivity (Wildman–Crippen MR) is 120 cm³/mol. The molecule has 1 aliphatic rings. The van der Waals surface area contributed by atoms with Crippen LogP contribution in [0.5, 0.6) is 0 Å². The maximum atomic E-state index is 12.2. The van der Waals surface area contributed by atoms with E-state index in [2.05, 4.69) is 10.6 Å². The highest BCUT2D eigenvalue weighted by Gasteiger charge is 2.35. The summed E-state index contributed by atoms with van der Waals surface area (Å²) < 4.78 is 10.2. The van der Waals surface area contributed by atoms with Gasteiger partial charge in [-0.2, -0.15) is 0 Å². The molecule has 2 aromatic carbocycles. The lowest BCUT2D eigenvalue weighted by Gasteiger charge is -2.25. The third-order valence-corrected chi connectivity index (χ3v) is 5.57. The molecule has 2 aromatic rings. The number of carboxylic acid groups (broad SMARTS) is 1. The van der Waals surface area contributed by atoms with Crippen LogP contribution in [0.3, 0.4) is 0 Å². The van der Waals surface area contributed by atoms with Crippen molar-refractivity contribution in [1.29, 1.82) is 0 Å². The largest absolute Gasteiger partial charge is 0.479 e. The quantitative estimate of drug-likeness (QED) is 0.429. The normalized spacial score (nSPS) is 15.0. The molecule has 1 aliphatic carbocycles. The van der Waals surface area contributed by atoms with Gasteiger partial charge in [0, 0.05) is 19.6 Å². The number of aliphatic hydroxyl groups is 1. The van der Waals surface area contributed by atoms with Crippen molar-refractivity contribution in [2.45, 2.75) is 30.9 Å². The number of hydrogen-bond acceptors (Lipinski definition) is 6. The zero-order valence-electron chi connectivity index (χ0n) is 18.5. The first-order chi connectivity index (χ1) is 15.7. The summed E-state index contributed by atoms with van der Waals surface area (Å²) in [4.78, 5) is 35.6. The van der Waals surface area contributed by atoms with E-state index in [1.54, 1.807) is 0 Å². The summed E-state index contributed by atoms with van der Waals surface area (Å²) >= 11 is 0. The molecule has 0 aliphatic heterocycles. The Morgan fingerprint density at radius 1 is 1.06 bits per heavy atom. The summed E-state index contributed by atoms with van der Waals surface area (Å²) in [5.41, 5.74) is 2.78. The van der Waals surface area contributed by atoms with Gasteiger partial charge in [0.2, 0.25) is 5.91 Å². The van der Waals surface area contributed by atoms with E-state index in [-0.39, 0.29) is 25.7 Å². The maximum Gasteiger partial charge on any atom is 0.407 e. The maximum absolute atomic E-state index is 12.2. The number of nitrogens with one attached hydrogen (secondary N) is 2. The van der Waals surface area contributed by atoms with E-state index in [1.807, 2.05) is 48.5 Å². The second-order valence-electron chi connectivity index (χ2n) is 8.18. The predicted octanol–water partition coefficient (Wildman–Crippen LogP) is 1.88. The molecule has 0 radical (unpaired) electrons. The lowest BCUT2D eigenvalue weighted by molar-refractivity contribution is -0.149. The van der Waals surface area contributed by atoms with Crippen molar-refractivity contribution < 1.29 is 34.1 Å². The number of aliphatic hydroxyl groups excluding tert-OH is 1. The Morgan fingerprint density at radius 3 is 2.18 bits per heavy atom. The van der Waals surface area contributed by atoms with Gasteiger partial charge in [-0.15, -0.1) is 0 Å². The Labute approximate surface area is 191 Å². The molecule has 9 nitrogen and oxygen atoms in total. The number of aliphatic carboxylic acids is 1. The number of carbonyl (C=O) groups excluding carboxylic acids is 2. The Bertz CT molecular complexity index is 980. The number of rotatable bonds is 10. The molecule has 3 rings (SSSR count). The minimum atomic E-state index is -1.62. The Kier molecular flexibility index (Phi) is 7.67. The van der Waals surface area contributed by atoms with E-state index in [9.17, 15) is 24.6 Å². The molecule has 0 saturated carbocycles. The number of benzene rings is 2. The minimum absolute atomic E-state index is 0.0895. The fourth-order valence-electron chi connectivity index (χ4n) is 3.94. The molecular formula is C24H28N2O7. The highest BCUT2D eigenvalue weighted by molar-refractivity contribution is 5.87. The molecule has 2 amide bonds. The Morgan fingerprint density at radius 2 is 1.64 bits per heavy atom. The van der Waals surface area contributed by atoms with Crippen LogP contribution in [0.15, 0.2) is 48.5 Å². The van der Waals surface area contributed by atoms with Gasteiger partial charge in [-0.25, -0.2) is 9.59 Å². The molecule has 4 N–H and O–H groups in total. The van der Waals surface area contributed by atoms with Gasteiger partial charge in [0.15, 0.2) is 5.54 Å². The summed E-state index contributed by atoms with van der Waals surface area (Å²) in [7, 11) is 1.32. The van der Waals surface area contributed by atoms with Crippen molar-refractivity contribution in [2.75, 3.05) is 26.9 Å². The summed E-state index contributed by atoms with van der Waals surface area (Å²) in [5, 5.41) is 24.1. The number of carbonyl (C=O) groups is 3. The third-order valence-electron chi connectivity index (χ3n) is 5.57. The highest BCUT2D eigenvalue weighted by Crippen LogP contribution is 2.44. The van der Waals surface area contributed by atoms with Crippen LogP contribution >= 0.6 is 0 Å². The van der Waals surface area contributed by atoms with Crippen molar-refractivity contribution >= 4 is 18.0 Å². The topological polar surface area (TPSA) is 134 Å². The third kappa shape index (κ3) is 5.68. The second-order valence-corrected chi connectivity index (χ2v) is 8.18. The number of methoxy groups -OCH3 is 1. The van der Waals surface area contributed by atoms with E-state index < -0.39 is 36.0 Å². The first-order valence-electron chi connectivity index (χ1n) is 10.6. The highest BCUT2D eigenvalue weighted by atomic mass is 16.5. The average molecular weight is 456 g/mol. The van der Waals surface area contributed by atoms with Crippen molar-refractivity contribution in [3.05, 3.63) is 59.7 Å². The van der Waals surface area contributed by atoms with Gasteiger partial charge in [0.25, 0.3) is 0 Å². The summed E-state index contributed by atoms with van der Waals surface area (Å²) in [6.07, 6.45) is -2.33. The molecule has 0 fully saturated rings. The van der Waals surface area contributed by atoms with Gasteiger partial charge in [-0.05, 0) is 29.2 Å². The number of ether oxygens (including phenoxy) is 2. The van der Waals surface area contributed by atoms with E-state index in [0.717, 1.165) is 22.3 Å². The standard InChI is InChI=1S/C24H28N2O7/c1-24(14-32-2,22(29)30)26-21(28)11-15(27)12-25-23(31)33-13-20-18-9-5-3-7-16(18)17-8-4-6-10-19(17)20/h3-10,15,20,27H,11-14H2,1-2H3,(H,25,31)(H,26,28)(H,29,30). The Hall–Kier alpha value is -3.43. The molecule has 2 unspecified atom stereocenters. The molecule has 0 bridgehead atoms. The number of alkyl carbamates (subject to hydrolysis) is 1. The number of hydrogen-bond donors (Lipinski definition) is 4. The van der Waals surface area contributed by atoms with Crippen LogP contribution in [0, 0.1) is 0 Å². The van der Waals surface area contributed by atoms with Gasteiger partial charge >= 0.3 is 12.1 Å². The molecule has 0 heterocycles. The fraction of sp³-hybridized carbons (Fsp3) is 0.375. The molecule has 2 atom stereocenters. The first kappa shape index (κ1) is 24.2. The van der Waals surface area contributed by atoms with Gasteiger partial charge in [0.1, 0.15) is 6.61 Å². The van der Waals surface area contributed by atoms with Crippen LogP contribution in [0.2, 0.25) is 0 Å². The van der Waals surface area contributed by atoms with E-state index in [1.165, 1.54) is 14.0 Å². The van der Waals surface area contributed by atoms with Gasteiger partial charge in [0.05, 0.1) is 19.1 Å². The number of fused-ring (bicyclic) bond motifs is 3. The van der Waals surface area contributed by atoms with E-state index in [4.69, 9.17) is 9.47 Å². The number of carboxylic acids is 1. The monoisotopic (exact) mass is 456 g/mol. The van der Waals surface area contributed by atoms with Gasteiger partial charge in [-0.3, -0.25) is 4.79 Å². The van der Waals surface area contributed by atoms with Gasteiger partial charge in [-0.1, -0.05) is 48.5 Å². The summed E-state index contributed by atoms with van der Waals surface area (Å²) in [6.45, 7) is 0.975. The van der Waals surface area contributed by atoms with Crippen molar-refractivity contribution in [1.82, 2.24) is 10.6 Å². The lowest BCUT2D eigenvalue weighted by atomic mass is 9.98. The van der Waals surface area contributed by atoms with Crippen LogP contribution in [-0.2, 0) is 19.1 Å².